The van der Waals surface area contributed by atoms with Gasteiger partial charge in [0.15, 0.2) is 11.7 Å². The fourth-order valence-electron chi connectivity index (χ4n) is 11.6. The van der Waals surface area contributed by atoms with Crippen molar-refractivity contribution in [2.24, 2.45) is 67.2 Å². The number of aryl methyl sites for hydroxylation is 1. The zero-order valence-electron chi connectivity index (χ0n) is 44.5. The molecule has 10 heteroatoms. The molecule has 4 unspecified atom stereocenters. The summed E-state index contributed by atoms with van der Waals surface area (Å²) >= 11 is 0. The van der Waals surface area contributed by atoms with Gasteiger partial charge in [0.25, 0.3) is 5.91 Å². The van der Waals surface area contributed by atoms with Crippen molar-refractivity contribution < 1.29 is 23.9 Å². The second kappa shape index (κ2) is 19.8. The number of anilines is 1. The van der Waals surface area contributed by atoms with Crippen molar-refractivity contribution in [1.82, 2.24) is 10.3 Å². The Morgan fingerprint density at radius 1 is 0.629 bits per heavy atom. The molecule has 0 spiro atoms. The first-order valence-electron chi connectivity index (χ1n) is 25.5. The molecule has 70 heavy (non-hydrogen) atoms. The lowest BCUT2D eigenvalue weighted by Gasteiger charge is -2.50. The van der Waals surface area contributed by atoms with Gasteiger partial charge in [0.2, 0.25) is 0 Å². The fraction of sp³-hybridized carbons (Fsp3) is 0.517. The van der Waals surface area contributed by atoms with Crippen LogP contribution in [0.1, 0.15) is 154 Å². The van der Waals surface area contributed by atoms with Crippen LogP contribution < -0.4 is 11.1 Å². The molecule has 1 aromatic heterocycles. The van der Waals surface area contributed by atoms with Crippen LogP contribution in [0.15, 0.2) is 100 Å². The van der Waals surface area contributed by atoms with Crippen LogP contribution in [0, 0.1) is 64.1 Å². The Hall–Kier alpha value is -5.77. The lowest BCUT2D eigenvalue weighted by molar-refractivity contribution is -0.164. The maximum Gasteiger partial charge on any atom is 0.343 e. The van der Waals surface area contributed by atoms with E-state index in [1.807, 2.05) is 79.7 Å². The minimum atomic E-state index is -0.599. The van der Waals surface area contributed by atoms with Crippen molar-refractivity contribution in [2.75, 3.05) is 5.73 Å². The first-order valence-corrected chi connectivity index (χ1v) is 25.5. The van der Waals surface area contributed by atoms with Crippen molar-refractivity contribution in [3.8, 4) is 11.1 Å². The second-order valence-electron chi connectivity index (χ2n) is 25.1. The molecular formula is C60H79N5O5. The molecule has 2 aliphatic carbocycles. The zero-order valence-corrected chi connectivity index (χ0v) is 44.5. The molecule has 3 aliphatic rings. The molecule has 1 amide bonds. The number of amidine groups is 2. The van der Waals surface area contributed by atoms with Gasteiger partial charge in [0, 0.05) is 40.4 Å². The van der Waals surface area contributed by atoms with Gasteiger partial charge in [-0.05, 0) is 88.9 Å². The molecule has 4 N–H and O–H groups in total. The lowest BCUT2D eigenvalue weighted by Crippen LogP contribution is -2.50. The second-order valence-corrected chi connectivity index (χ2v) is 25.1. The number of nitrogens with zero attached hydrogens (tertiary/aromatic N) is 2. The van der Waals surface area contributed by atoms with E-state index < -0.39 is 23.9 Å². The highest BCUT2D eigenvalue weighted by Gasteiger charge is 2.50. The summed E-state index contributed by atoms with van der Waals surface area (Å²) in [6, 6.07) is 26.3. The summed E-state index contributed by atoms with van der Waals surface area (Å²) in [5.74, 6) is 0.195. The molecule has 3 aromatic carbocycles. The first-order chi connectivity index (χ1) is 32.6. The molecule has 0 saturated heterocycles. The number of H-pyrrole nitrogens is 1. The van der Waals surface area contributed by atoms with Crippen LogP contribution in [0.4, 0.5) is 11.6 Å². The molecule has 10 nitrogen and oxygen atoms in total. The number of benzene rings is 3. The monoisotopic (exact) mass is 950 g/mol. The Morgan fingerprint density at radius 3 is 1.51 bits per heavy atom. The van der Waals surface area contributed by atoms with Gasteiger partial charge in [-0.3, -0.25) is 4.79 Å². The minimum absolute atomic E-state index is 0.0213. The van der Waals surface area contributed by atoms with Crippen LogP contribution in [-0.2, 0) is 14.3 Å². The number of hydrogen-bond acceptors (Lipinski definition) is 7. The third-order valence-corrected chi connectivity index (χ3v) is 15.5. The number of hydrogen-bond donors (Lipinski definition) is 3. The van der Waals surface area contributed by atoms with Crippen molar-refractivity contribution in [3.05, 3.63) is 113 Å². The van der Waals surface area contributed by atoms with E-state index in [1.165, 1.54) is 0 Å². The number of esters is 2. The quantitative estimate of drug-likeness (QED) is 0.150. The van der Waals surface area contributed by atoms with Crippen LogP contribution in [0.5, 0.6) is 0 Å². The molecule has 2 heterocycles. The number of carbonyl (C=O) groups is 3. The van der Waals surface area contributed by atoms with E-state index in [-0.39, 0.29) is 85.9 Å². The first kappa shape index (κ1) is 52.1. The summed E-state index contributed by atoms with van der Waals surface area (Å²) in [4.78, 5) is 58.4. The molecule has 1 aliphatic heterocycles. The molecular weight excluding hydrogens is 871 g/mol. The topological polar surface area (TPSA) is 148 Å². The Bertz CT molecular complexity index is 2620. The van der Waals surface area contributed by atoms with Gasteiger partial charge in [0.05, 0.1) is 0 Å². The predicted octanol–water partition coefficient (Wildman–Crippen LogP) is 13.8. The van der Waals surface area contributed by atoms with Crippen LogP contribution in [0.3, 0.4) is 0 Å². The van der Waals surface area contributed by atoms with Gasteiger partial charge in [-0.25, -0.2) is 19.6 Å². The minimum Gasteiger partial charge on any atom is -0.458 e. The standard InChI is InChI=1S/C60H79N5O5/c1-34-30-40(57(4,5)6)48(41(31-34)58(7,8)9)69-55(67)46-44(37-25-18-16-19-26-37)51(62-50(46)61)63-52-45(38-27-20-17-21-28-38)47(53(64-52)65-54(66)39-29-23-22-24-36(39)3)56(68)70-49-42(59(10,11)12)32-35(2)33-43(49)60(13,14)15/h16-29,34-35,40-43,48-49,62H,30-33,61H2,1-15H3,(H,63,64,65,66). The van der Waals surface area contributed by atoms with Gasteiger partial charge in [-0.2, -0.15) is 0 Å². The van der Waals surface area contributed by atoms with Gasteiger partial charge < -0.3 is 25.5 Å². The number of nitrogen functional groups attached to an aromatic ring is 1. The number of nitrogens with one attached hydrogen (secondary N) is 2. The van der Waals surface area contributed by atoms with E-state index in [9.17, 15) is 4.79 Å². The molecule has 2 saturated carbocycles. The summed E-state index contributed by atoms with van der Waals surface area (Å²) < 4.78 is 13.7. The summed E-state index contributed by atoms with van der Waals surface area (Å²) in [6.45, 7) is 33.2. The molecule has 2 fully saturated rings. The number of ether oxygens (including phenoxy) is 2. The number of aliphatic imine (C=N–C) groups is 2. The van der Waals surface area contributed by atoms with E-state index in [4.69, 9.17) is 25.2 Å². The van der Waals surface area contributed by atoms with Crippen molar-refractivity contribution in [1.29, 1.82) is 0 Å². The van der Waals surface area contributed by atoms with Crippen LogP contribution in [0.2, 0.25) is 0 Å². The Balaban J connectivity index is 1.43. The number of amides is 1. The van der Waals surface area contributed by atoms with E-state index >= 15 is 9.59 Å². The third-order valence-electron chi connectivity index (χ3n) is 15.5. The van der Waals surface area contributed by atoms with Crippen molar-refractivity contribution >= 4 is 46.7 Å². The van der Waals surface area contributed by atoms with Crippen LogP contribution >= 0.6 is 0 Å². The van der Waals surface area contributed by atoms with E-state index in [0.717, 1.165) is 31.2 Å². The third kappa shape index (κ3) is 11.1. The number of nitrogens with two attached hydrogens (primary N) is 1. The van der Waals surface area contributed by atoms with Gasteiger partial charge in [0.1, 0.15) is 35.0 Å². The summed E-state index contributed by atoms with van der Waals surface area (Å²) in [6.07, 6.45) is 2.91. The largest absolute Gasteiger partial charge is 0.458 e. The SMILES string of the molecule is Cc1ccccc1C(=O)NC1=NC(=Nc2[nH]c(N)c(C(=O)OC3C(C(C)(C)C)CC(C)CC3C(C)(C)C)c2-c2ccccc2)C(c2ccccc2)=C1C(=O)OC1C(C(C)(C)C)CC(C)CC1C(C)(C)C. The molecule has 4 atom stereocenters. The average Bonchev–Trinajstić information content (AvgIpc) is 3.79. The highest BCUT2D eigenvalue weighted by atomic mass is 16.5. The fourth-order valence-corrected chi connectivity index (χ4v) is 11.6. The molecule has 374 valence electrons. The maximum absolute atomic E-state index is 15.5. The number of aromatic nitrogens is 1. The molecule has 7 rings (SSSR count). The van der Waals surface area contributed by atoms with Gasteiger partial charge in [-0.1, -0.05) is 176 Å². The van der Waals surface area contributed by atoms with Crippen LogP contribution in [0.25, 0.3) is 16.7 Å². The van der Waals surface area contributed by atoms with E-state index in [0.29, 0.717) is 39.7 Å². The predicted molar refractivity (Wildman–Crippen MR) is 285 cm³/mol. The number of aromatic amines is 1. The molecule has 0 bridgehead atoms. The zero-order chi connectivity index (χ0) is 51.2. The summed E-state index contributed by atoms with van der Waals surface area (Å²) in [5, 5.41) is 3.03. The molecule has 0 radical (unpaired) electrons. The maximum atomic E-state index is 15.5. The molecule has 4 aromatic rings. The van der Waals surface area contributed by atoms with Gasteiger partial charge in [-0.15, -0.1) is 0 Å². The van der Waals surface area contributed by atoms with Crippen molar-refractivity contribution in [3.63, 3.8) is 0 Å². The van der Waals surface area contributed by atoms with Crippen molar-refractivity contribution in [2.45, 2.75) is 142 Å². The highest BCUT2D eigenvalue weighted by molar-refractivity contribution is 6.45. The average molecular weight is 950 g/mol. The van der Waals surface area contributed by atoms with Gasteiger partial charge >= 0.3 is 11.9 Å². The number of rotatable bonds is 8. The van der Waals surface area contributed by atoms with E-state index in [1.54, 1.807) is 12.1 Å². The Kier molecular flexibility index (Phi) is 14.7. The Morgan fingerprint density at radius 2 is 1.06 bits per heavy atom. The smallest absolute Gasteiger partial charge is 0.343 e. The highest BCUT2D eigenvalue weighted by Crippen LogP contribution is 2.52. The Labute approximate surface area is 417 Å². The summed E-state index contributed by atoms with van der Waals surface area (Å²) in [7, 11) is 0. The summed E-state index contributed by atoms with van der Waals surface area (Å²) in [5.41, 5.74) is 9.95. The van der Waals surface area contributed by atoms with E-state index in [2.05, 4.69) is 107 Å². The lowest BCUT2D eigenvalue weighted by atomic mass is 9.59. The van der Waals surface area contributed by atoms with Crippen LogP contribution in [-0.4, -0.2) is 46.7 Å². The number of carbonyl (C=O) groups excluding carboxylic acids is 3. The normalized spacial score (nSPS) is 25.1.